The molecule has 5 nitrogen and oxygen atoms in total. The van der Waals surface area contributed by atoms with Crippen LogP contribution in [0.5, 0.6) is 0 Å². The van der Waals surface area contributed by atoms with E-state index < -0.39 is 15.8 Å². The summed E-state index contributed by atoms with van der Waals surface area (Å²) in [7, 11) is -3.58. The first-order valence-corrected chi connectivity index (χ1v) is 8.24. The van der Waals surface area contributed by atoms with Crippen LogP contribution in [0.15, 0.2) is 29.3 Å². The lowest BCUT2D eigenvalue weighted by Crippen LogP contribution is -2.08. The Hall–Kier alpha value is -1.73. The molecule has 0 aliphatic rings. The number of sulfone groups is 1. The second-order valence-electron chi connectivity index (χ2n) is 4.39. The minimum absolute atomic E-state index is 0.0327. The van der Waals surface area contributed by atoms with E-state index in [9.17, 15) is 13.2 Å². The summed E-state index contributed by atoms with van der Waals surface area (Å²) in [5.41, 5.74) is 0.505. The van der Waals surface area contributed by atoms with Crippen LogP contribution in [0.1, 0.15) is 25.8 Å². The third-order valence-electron chi connectivity index (χ3n) is 2.77. The standard InChI is InChI=1S/C13H13NO4S2/c1-8-3-4-10(13(15)16)5-12(8)20(17,18)7-11-6-14-9(2)19-11/h3-6H,7H2,1-2H3,(H,15,16). The van der Waals surface area contributed by atoms with Gasteiger partial charge in [0.1, 0.15) is 0 Å². The maximum absolute atomic E-state index is 12.4. The van der Waals surface area contributed by atoms with Crippen molar-refractivity contribution in [1.29, 1.82) is 0 Å². The highest BCUT2D eigenvalue weighted by Crippen LogP contribution is 2.24. The minimum atomic E-state index is -3.58. The minimum Gasteiger partial charge on any atom is -0.478 e. The van der Waals surface area contributed by atoms with Gasteiger partial charge in [-0.2, -0.15) is 0 Å². The highest BCUT2D eigenvalue weighted by molar-refractivity contribution is 7.90. The van der Waals surface area contributed by atoms with E-state index in [0.29, 0.717) is 10.4 Å². The van der Waals surface area contributed by atoms with Gasteiger partial charge >= 0.3 is 5.97 Å². The Labute approximate surface area is 120 Å². The van der Waals surface area contributed by atoms with Crippen molar-refractivity contribution in [2.45, 2.75) is 24.5 Å². The molecular formula is C13H13NO4S2. The SMILES string of the molecule is Cc1ncc(CS(=O)(=O)c2cc(C(=O)O)ccc2C)s1. The molecule has 0 aliphatic carbocycles. The summed E-state index contributed by atoms with van der Waals surface area (Å²) < 4.78 is 24.8. The molecule has 1 aromatic heterocycles. The van der Waals surface area contributed by atoms with Crippen LogP contribution in [0.2, 0.25) is 0 Å². The van der Waals surface area contributed by atoms with Gasteiger partial charge in [0.2, 0.25) is 0 Å². The van der Waals surface area contributed by atoms with E-state index in [1.807, 2.05) is 0 Å². The number of aryl methyl sites for hydroxylation is 2. The lowest BCUT2D eigenvalue weighted by Gasteiger charge is -2.07. The molecule has 7 heteroatoms. The molecule has 0 amide bonds. The summed E-state index contributed by atoms with van der Waals surface area (Å²) in [4.78, 5) is 15.7. The average Bonchev–Trinajstić information content (AvgIpc) is 2.73. The van der Waals surface area contributed by atoms with Gasteiger partial charge in [0.15, 0.2) is 9.84 Å². The van der Waals surface area contributed by atoms with Gasteiger partial charge in [-0.15, -0.1) is 11.3 Å². The number of aromatic carboxylic acids is 1. The quantitative estimate of drug-likeness (QED) is 0.937. The van der Waals surface area contributed by atoms with E-state index >= 15 is 0 Å². The van der Waals surface area contributed by atoms with E-state index in [0.717, 1.165) is 5.01 Å². The van der Waals surface area contributed by atoms with E-state index in [4.69, 9.17) is 5.11 Å². The van der Waals surface area contributed by atoms with Crippen LogP contribution in [0.3, 0.4) is 0 Å². The summed E-state index contributed by atoms with van der Waals surface area (Å²) in [6.45, 7) is 3.45. The topological polar surface area (TPSA) is 84.3 Å². The van der Waals surface area contributed by atoms with Crippen molar-refractivity contribution >= 4 is 27.1 Å². The molecule has 20 heavy (non-hydrogen) atoms. The fraction of sp³-hybridized carbons (Fsp3) is 0.231. The molecule has 0 saturated carbocycles. The fourth-order valence-electron chi connectivity index (χ4n) is 1.81. The van der Waals surface area contributed by atoms with Gasteiger partial charge in [-0.05, 0) is 31.5 Å². The van der Waals surface area contributed by atoms with Gasteiger partial charge in [0, 0.05) is 11.1 Å². The highest BCUT2D eigenvalue weighted by Gasteiger charge is 2.20. The second-order valence-corrected chi connectivity index (χ2v) is 7.67. The molecule has 0 fully saturated rings. The number of rotatable bonds is 4. The largest absolute Gasteiger partial charge is 0.478 e. The Morgan fingerprint density at radius 3 is 2.60 bits per heavy atom. The van der Waals surface area contributed by atoms with Crippen molar-refractivity contribution in [2.24, 2.45) is 0 Å². The predicted molar refractivity (Wildman–Crippen MR) is 75.9 cm³/mol. The first-order valence-electron chi connectivity index (χ1n) is 5.77. The fourth-order valence-corrected chi connectivity index (χ4v) is 4.57. The third kappa shape index (κ3) is 3.05. The lowest BCUT2D eigenvalue weighted by atomic mass is 10.1. The van der Waals surface area contributed by atoms with Crippen molar-refractivity contribution in [3.05, 3.63) is 45.4 Å². The van der Waals surface area contributed by atoms with Gasteiger partial charge in [0.05, 0.1) is 21.2 Å². The molecule has 1 heterocycles. The van der Waals surface area contributed by atoms with Gasteiger partial charge in [0.25, 0.3) is 0 Å². The zero-order chi connectivity index (χ0) is 14.9. The van der Waals surface area contributed by atoms with Crippen molar-refractivity contribution in [3.63, 3.8) is 0 Å². The van der Waals surface area contributed by atoms with Gasteiger partial charge in [-0.25, -0.2) is 18.2 Å². The Balaban J connectivity index is 2.43. The number of carboxylic acids is 1. The highest BCUT2D eigenvalue weighted by atomic mass is 32.2. The summed E-state index contributed by atoms with van der Waals surface area (Å²) in [5.74, 6) is -1.31. The third-order valence-corrected chi connectivity index (χ3v) is 5.67. The van der Waals surface area contributed by atoms with Crippen molar-refractivity contribution in [2.75, 3.05) is 0 Å². The van der Waals surface area contributed by atoms with Crippen LogP contribution in [0.25, 0.3) is 0 Å². The summed E-state index contributed by atoms with van der Waals surface area (Å²) in [5, 5.41) is 9.75. The number of nitrogens with zero attached hydrogens (tertiary/aromatic N) is 1. The summed E-state index contributed by atoms with van der Waals surface area (Å²) in [6, 6.07) is 4.11. The summed E-state index contributed by atoms with van der Waals surface area (Å²) >= 11 is 1.32. The zero-order valence-corrected chi connectivity index (χ0v) is 12.6. The Morgan fingerprint density at radius 1 is 1.35 bits per heavy atom. The van der Waals surface area contributed by atoms with Crippen LogP contribution >= 0.6 is 11.3 Å². The first kappa shape index (κ1) is 14.7. The molecule has 0 radical (unpaired) electrons. The zero-order valence-electron chi connectivity index (χ0n) is 11.0. The molecule has 0 bridgehead atoms. The number of carboxylic acid groups (broad SMARTS) is 1. The van der Waals surface area contributed by atoms with Crippen molar-refractivity contribution in [1.82, 2.24) is 4.98 Å². The Kier molecular flexibility index (Phi) is 3.92. The molecule has 106 valence electrons. The van der Waals surface area contributed by atoms with Gasteiger partial charge in [-0.1, -0.05) is 6.07 Å². The molecule has 0 atom stereocenters. The smallest absolute Gasteiger partial charge is 0.335 e. The van der Waals surface area contributed by atoms with E-state index in [-0.39, 0.29) is 16.2 Å². The molecule has 1 aromatic carbocycles. The van der Waals surface area contributed by atoms with Crippen LogP contribution in [0.4, 0.5) is 0 Å². The van der Waals surface area contributed by atoms with E-state index in [1.54, 1.807) is 13.8 Å². The van der Waals surface area contributed by atoms with Crippen LogP contribution in [-0.2, 0) is 15.6 Å². The number of aromatic nitrogens is 1. The average molecular weight is 311 g/mol. The van der Waals surface area contributed by atoms with E-state index in [2.05, 4.69) is 4.98 Å². The van der Waals surface area contributed by atoms with Crippen LogP contribution in [0, 0.1) is 13.8 Å². The van der Waals surface area contributed by atoms with E-state index in [1.165, 1.54) is 35.7 Å². The first-order chi connectivity index (χ1) is 9.29. The van der Waals surface area contributed by atoms with Crippen molar-refractivity contribution < 1.29 is 18.3 Å². The maximum atomic E-state index is 12.4. The second kappa shape index (κ2) is 5.34. The molecule has 0 spiro atoms. The number of hydrogen-bond acceptors (Lipinski definition) is 5. The van der Waals surface area contributed by atoms with Crippen LogP contribution in [-0.4, -0.2) is 24.5 Å². The van der Waals surface area contributed by atoms with Gasteiger partial charge in [-0.3, -0.25) is 0 Å². The monoisotopic (exact) mass is 311 g/mol. The molecule has 0 unspecified atom stereocenters. The van der Waals surface area contributed by atoms with Crippen molar-refractivity contribution in [3.8, 4) is 0 Å². The Bertz CT molecular complexity index is 762. The Morgan fingerprint density at radius 2 is 2.05 bits per heavy atom. The normalized spacial score (nSPS) is 11.5. The van der Waals surface area contributed by atoms with Crippen LogP contribution < -0.4 is 0 Å². The molecule has 2 aromatic rings. The lowest BCUT2D eigenvalue weighted by molar-refractivity contribution is 0.0696. The summed E-state index contributed by atoms with van der Waals surface area (Å²) in [6.07, 6.45) is 1.54. The van der Waals surface area contributed by atoms with Gasteiger partial charge < -0.3 is 5.11 Å². The molecular weight excluding hydrogens is 298 g/mol. The molecule has 1 N–H and O–H groups in total. The number of carbonyl (C=O) groups is 1. The predicted octanol–water partition coefficient (Wildman–Crippen LogP) is 2.43. The maximum Gasteiger partial charge on any atom is 0.335 e. The molecule has 2 rings (SSSR count). The number of thiazole rings is 1. The number of hydrogen-bond donors (Lipinski definition) is 1. The number of benzene rings is 1. The molecule has 0 aliphatic heterocycles. The molecule has 0 saturated heterocycles.